The summed E-state index contributed by atoms with van der Waals surface area (Å²) in [6.07, 6.45) is 0.886. The molecule has 2 aromatic rings. The van der Waals surface area contributed by atoms with Crippen LogP contribution in [0.4, 0.5) is 4.39 Å². The highest BCUT2D eigenvalue weighted by Gasteiger charge is 2.16. The number of hydrogen-bond donors (Lipinski definition) is 1. The van der Waals surface area contributed by atoms with Gasteiger partial charge in [-0.05, 0) is 18.6 Å². The van der Waals surface area contributed by atoms with Crippen molar-refractivity contribution in [3.63, 3.8) is 0 Å². The van der Waals surface area contributed by atoms with Gasteiger partial charge in [-0.1, -0.05) is 22.9 Å². The zero-order chi connectivity index (χ0) is 12.4. The molecule has 1 aromatic carbocycles. The van der Waals surface area contributed by atoms with Crippen LogP contribution < -0.4 is 0 Å². The number of aliphatic hydroxyl groups excluding tert-OH is 1. The van der Waals surface area contributed by atoms with Crippen LogP contribution in [0.3, 0.4) is 0 Å². The molecule has 0 fully saturated rings. The Morgan fingerprint density at radius 3 is 2.94 bits per heavy atom. The van der Waals surface area contributed by atoms with Gasteiger partial charge in [0.1, 0.15) is 11.6 Å². The van der Waals surface area contributed by atoms with E-state index in [0.29, 0.717) is 12.1 Å². The van der Waals surface area contributed by atoms with E-state index >= 15 is 0 Å². The second-order valence-electron chi connectivity index (χ2n) is 3.85. The van der Waals surface area contributed by atoms with Crippen LogP contribution in [0.5, 0.6) is 0 Å². The Morgan fingerprint density at radius 1 is 1.53 bits per heavy atom. The third-order valence-corrected chi connectivity index (χ3v) is 3.76. The van der Waals surface area contributed by atoms with Crippen molar-refractivity contribution < 1.29 is 9.50 Å². The summed E-state index contributed by atoms with van der Waals surface area (Å²) in [5.41, 5.74) is 1.49. The molecule has 0 aliphatic heterocycles. The van der Waals surface area contributed by atoms with E-state index in [-0.39, 0.29) is 17.3 Å². The van der Waals surface area contributed by atoms with Gasteiger partial charge in [-0.2, -0.15) is 0 Å². The van der Waals surface area contributed by atoms with Crippen LogP contribution in [0.25, 0.3) is 11.0 Å². The fourth-order valence-corrected chi connectivity index (χ4v) is 2.23. The van der Waals surface area contributed by atoms with Gasteiger partial charge in [-0.15, -0.1) is 0 Å². The van der Waals surface area contributed by atoms with Gasteiger partial charge < -0.3 is 9.67 Å². The summed E-state index contributed by atoms with van der Waals surface area (Å²) in [5.74, 6) is 0.544. The van der Waals surface area contributed by atoms with Crippen LogP contribution in [0.2, 0.25) is 0 Å². The average molecular weight is 301 g/mol. The van der Waals surface area contributed by atoms with E-state index in [1.165, 1.54) is 12.1 Å². The largest absolute Gasteiger partial charge is 0.395 e. The number of nitrogens with zero attached hydrogens (tertiary/aromatic N) is 2. The first-order chi connectivity index (χ1) is 8.17. The summed E-state index contributed by atoms with van der Waals surface area (Å²) >= 11 is 3.54. The van der Waals surface area contributed by atoms with Gasteiger partial charge >= 0.3 is 0 Å². The van der Waals surface area contributed by atoms with Crippen molar-refractivity contribution in [3.8, 4) is 0 Å². The molecule has 0 amide bonds. The normalized spacial score (nSPS) is 13.2. The van der Waals surface area contributed by atoms with Crippen molar-refractivity contribution in [1.82, 2.24) is 9.55 Å². The molecule has 0 radical (unpaired) electrons. The van der Waals surface area contributed by atoms with E-state index in [2.05, 4.69) is 20.9 Å². The monoisotopic (exact) mass is 300 g/mol. The number of alkyl halides is 1. The molecule has 1 unspecified atom stereocenters. The predicted octanol–water partition coefficient (Wildman–Crippen LogP) is 3.01. The maximum atomic E-state index is 13.1. The van der Waals surface area contributed by atoms with Crippen LogP contribution in [0.15, 0.2) is 18.2 Å². The van der Waals surface area contributed by atoms with Crippen LogP contribution in [-0.4, -0.2) is 21.3 Å². The molecule has 1 N–H and O–H groups in total. The van der Waals surface area contributed by atoms with Crippen LogP contribution in [0, 0.1) is 5.82 Å². The highest BCUT2D eigenvalue weighted by molar-refractivity contribution is 9.09. The zero-order valence-electron chi connectivity index (χ0n) is 9.53. The fourth-order valence-electron chi connectivity index (χ4n) is 1.88. The van der Waals surface area contributed by atoms with E-state index in [4.69, 9.17) is 5.11 Å². The van der Waals surface area contributed by atoms with E-state index in [1.54, 1.807) is 6.07 Å². The molecule has 0 aliphatic carbocycles. The number of aromatic nitrogens is 2. The van der Waals surface area contributed by atoms with Gasteiger partial charge in [-0.3, -0.25) is 0 Å². The smallest absolute Gasteiger partial charge is 0.125 e. The van der Waals surface area contributed by atoms with E-state index < -0.39 is 0 Å². The first kappa shape index (κ1) is 12.5. The Morgan fingerprint density at radius 2 is 2.29 bits per heavy atom. The molecular weight excluding hydrogens is 287 g/mol. The Balaban J connectivity index is 2.61. The molecule has 5 heteroatoms. The van der Waals surface area contributed by atoms with Crippen LogP contribution in [-0.2, 0) is 6.54 Å². The van der Waals surface area contributed by atoms with Crippen molar-refractivity contribution >= 4 is 27.0 Å². The number of rotatable bonds is 4. The van der Waals surface area contributed by atoms with Crippen molar-refractivity contribution in [3.05, 3.63) is 29.8 Å². The molecule has 1 atom stereocenters. The minimum Gasteiger partial charge on any atom is -0.395 e. The maximum absolute atomic E-state index is 13.1. The summed E-state index contributed by atoms with van der Waals surface area (Å²) < 4.78 is 15.1. The van der Waals surface area contributed by atoms with E-state index in [9.17, 15) is 4.39 Å². The third kappa shape index (κ3) is 2.35. The second kappa shape index (κ2) is 5.14. The lowest BCUT2D eigenvalue weighted by molar-refractivity contribution is 0.276. The molecule has 1 aromatic heterocycles. The number of benzene rings is 1. The fraction of sp³-hybridized carbons (Fsp3) is 0.417. The lowest BCUT2D eigenvalue weighted by atomic mass is 10.3. The molecular formula is C12H14BrFN2O. The first-order valence-corrected chi connectivity index (χ1v) is 6.49. The van der Waals surface area contributed by atoms with Gasteiger partial charge in [0.2, 0.25) is 0 Å². The van der Waals surface area contributed by atoms with Gasteiger partial charge in [0, 0.05) is 12.6 Å². The minimum atomic E-state index is -0.291. The van der Waals surface area contributed by atoms with Crippen LogP contribution >= 0.6 is 15.9 Å². The third-order valence-electron chi connectivity index (χ3n) is 2.70. The van der Waals surface area contributed by atoms with Crippen molar-refractivity contribution in [1.29, 1.82) is 0 Å². The summed E-state index contributed by atoms with van der Waals surface area (Å²) in [6.45, 7) is 2.56. The molecule has 3 nitrogen and oxygen atoms in total. The average Bonchev–Trinajstić information content (AvgIpc) is 2.67. The number of fused-ring (bicyclic) bond motifs is 1. The molecule has 1 heterocycles. The van der Waals surface area contributed by atoms with Crippen molar-refractivity contribution in [2.24, 2.45) is 0 Å². The Hall–Kier alpha value is -0.940. The number of halogens is 2. The minimum absolute atomic E-state index is 0.0409. The second-order valence-corrected chi connectivity index (χ2v) is 4.96. The first-order valence-electron chi connectivity index (χ1n) is 5.58. The van der Waals surface area contributed by atoms with E-state index in [1.807, 2.05) is 11.5 Å². The Labute approximate surface area is 107 Å². The molecule has 92 valence electrons. The highest BCUT2D eigenvalue weighted by atomic mass is 79.9. The molecule has 0 saturated carbocycles. The summed E-state index contributed by atoms with van der Waals surface area (Å²) in [6, 6.07) is 4.53. The van der Waals surface area contributed by atoms with Gasteiger partial charge in [0.05, 0.1) is 22.5 Å². The predicted molar refractivity (Wildman–Crippen MR) is 68.7 cm³/mol. The van der Waals surface area contributed by atoms with Gasteiger partial charge in [0.25, 0.3) is 0 Å². The van der Waals surface area contributed by atoms with Crippen molar-refractivity contribution in [2.45, 2.75) is 24.7 Å². The molecule has 0 bridgehead atoms. The number of hydrogen-bond acceptors (Lipinski definition) is 2. The standard InChI is InChI=1S/C12H14BrFN2O/c1-2-9(13)12-15-10-7-8(14)3-4-11(10)16(12)5-6-17/h3-4,7,9,17H,2,5-6H2,1H3. The summed E-state index contributed by atoms with van der Waals surface area (Å²) in [5, 5.41) is 9.09. The lowest BCUT2D eigenvalue weighted by Gasteiger charge is -2.10. The molecule has 17 heavy (non-hydrogen) atoms. The van der Waals surface area contributed by atoms with Crippen molar-refractivity contribution in [2.75, 3.05) is 6.61 Å². The maximum Gasteiger partial charge on any atom is 0.125 e. The van der Waals surface area contributed by atoms with Gasteiger partial charge in [-0.25, -0.2) is 9.37 Å². The highest BCUT2D eigenvalue weighted by Crippen LogP contribution is 2.29. The Kier molecular flexibility index (Phi) is 3.79. The van der Waals surface area contributed by atoms with Gasteiger partial charge in [0.15, 0.2) is 0 Å². The Bertz CT molecular complexity index is 526. The molecule has 2 rings (SSSR count). The number of aliphatic hydroxyl groups is 1. The summed E-state index contributed by atoms with van der Waals surface area (Å²) in [7, 11) is 0. The summed E-state index contributed by atoms with van der Waals surface area (Å²) in [4.78, 5) is 4.54. The molecule has 0 saturated heterocycles. The zero-order valence-corrected chi connectivity index (χ0v) is 11.1. The topological polar surface area (TPSA) is 38.0 Å². The lowest BCUT2D eigenvalue weighted by Crippen LogP contribution is -2.08. The van der Waals surface area contributed by atoms with Crippen LogP contribution in [0.1, 0.15) is 24.0 Å². The SMILES string of the molecule is CCC(Br)c1nc2cc(F)ccc2n1CCO. The molecule has 0 spiro atoms. The van der Waals surface area contributed by atoms with E-state index in [0.717, 1.165) is 17.8 Å². The molecule has 0 aliphatic rings. The number of imidazole rings is 1. The quantitative estimate of drug-likeness (QED) is 0.882.